The summed E-state index contributed by atoms with van der Waals surface area (Å²) in [6.45, 7) is 1.31. The molecule has 0 saturated carbocycles. The summed E-state index contributed by atoms with van der Waals surface area (Å²) in [7, 11) is -1.72. The van der Waals surface area contributed by atoms with Gasteiger partial charge in [-0.3, -0.25) is 9.52 Å². The minimum absolute atomic E-state index is 0.0776. The highest BCUT2D eigenvalue weighted by Crippen LogP contribution is 2.35. The average molecular weight is 428 g/mol. The average Bonchev–Trinajstić information content (AvgIpc) is 3.15. The van der Waals surface area contributed by atoms with Crippen molar-refractivity contribution >= 4 is 32.5 Å². The molecule has 0 atom stereocenters. The normalized spacial score (nSPS) is 15.3. The minimum Gasteiger partial charge on any atom is -0.497 e. The third-order valence-electron chi connectivity index (χ3n) is 5.56. The van der Waals surface area contributed by atoms with Gasteiger partial charge in [-0.1, -0.05) is 6.07 Å². The Hall–Kier alpha value is -3.00. The molecule has 30 heavy (non-hydrogen) atoms. The lowest BCUT2D eigenvalue weighted by Gasteiger charge is -2.32. The number of carbonyl (C=O) groups is 1. The van der Waals surface area contributed by atoms with Crippen molar-refractivity contribution in [1.29, 1.82) is 0 Å². The van der Waals surface area contributed by atoms with Crippen LogP contribution in [0.25, 0.3) is 10.9 Å². The molecule has 0 unspecified atom stereocenters. The Morgan fingerprint density at radius 1 is 1.17 bits per heavy atom. The fourth-order valence-corrected chi connectivity index (χ4v) is 4.65. The molecule has 2 aromatic carbocycles. The molecule has 8 heteroatoms. The third-order valence-corrected chi connectivity index (χ3v) is 6.16. The fourth-order valence-electron chi connectivity index (χ4n) is 4.09. The van der Waals surface area contributed by atoms with E-state index in [9.17, 15) is 13.2 Å². The molecular formula is C22H25N3O4S. The molecule has 1 fully saturated rings. The molecule has 2 N–H and O–H groups in total. The van der Waals surface area contributed by atoms with Crippen LogP contribution in [0.5, 0.6) is 5.75 Å². The number of hydrogen-bond acceptors (Lipinski definition) is 4. The van der Waals surface area contributed by atoms with Crippen LogP contribution in [0, 0.1) is 0 Å². The van der Waals surface area contributed by atoms with Crippen LogP contribution in [0.4, 0.5) is 5.69 Å². The number of methoxy groups -OCH3 is 1. The smallest absolute Gasteiger partial charge is 0.253 e. The summed E-state index contributed by atoms with van der Waals surface area (Å²) in [5, 5.41) is 1.17. The number of benzene rings is 2. The number of sulfonamides is 1. The van der Waals surface area contributed by atoms with E-state index >= 15 is 0 Å². The van der Waals surface area contributed by atoms with Gasteiger partial charge in [-0.25, -0.2) is 8.42 Å². The van der Waals surface area contributed by atoms with Gasteiger partial charge in [-0.2, -0.15) is 0 Å². The van der Waals surface area contributed by atoms with E-state index in [4.69, 9.17) is 4.74 Å². The summed E-state index contributed by atoms with van der Waals surface area (Å²) in [5.41, 5.74) is 3.22. The Balaban J connectivity index is 1.46. The number of fused-ring (bicyclic) bond motifs is 1. The van der Waals surface area contributed by atoms with E-state index in [-0.39, 0.29) is 5.91 Å². The van der Waals surface area contributed by atoms with Crippen LogP contribution < -0.4 is 9.46 Å². The second-order valence-corrected chi connectivity index (χ2v) is 9.43. The van der Waals surface area contributed by atoms with Crippen LogP contribution in [0.15, 0.2) is 48.7 Å². The molecule has 158 valence electrons. The Morgan fingerprint density at radius 3 is 2.63 bits per heavy atom. The summed E-state index contributed by atoms with van der Waals surface area (Å²) in [4.78, 5) is 18.1. The lowest BCUT2D eigenvalue weighted by atomic mass is 9.89. The van der Waals surface area contributed by atoms with Gasteiger partial charge in [-0.15, -0.1) is 0 Å². The molecule has 4 rings (SSSR count). The van der Waals surface area contributed by atoms with Crippen LogP contribution in [-0.2, 0) is 10.0 Å². The van der Waals surface area contributed by atoms with E-state index in [0.29, 0.717) is 30.3 Å². The van der Waals surface area contributed by atoms with Crippen molar-refractivity contribution in [3.63, 3.8) is 0 Å². The van der Waals surface area contributed by atoms with Gasteiger partial charge in [0.2, 0.25) is 10.0 Å². The van der Waals surface area contributed by atoms with Crippen LogP contribution in [0.3, 0.4) is 0 Å². The first-order valence-corrected chi connectivity index (χ1v) is 11.8. The van der Waals surface area contributed by atoms with Gasteiger partial charge in [-0.05, 0) is 60.7 Å². The minimum atomic E-state index is -3.39. The Labute approximate surface area is 176 Å². The van der Waals surface area contributed by atoms with Crippen LogP contribution in [-0.4, -0.2) is 50.7 Å². The first-order chi connectivity index (χ1) is 14.3. The number of rotatable bonds is 5. The number of piperidine rings is 1. The quantitative estimate of drug-likeness (QED) is 0.651. The molecule has 0 radical (unpaired) electrons. The summed E-state index contributed by atoms with van der Waals surface area (Å²) in [6.07, 6.45) is 4.90. The van der Waals surface area contributed by atoms with Crippen molar-refractivity contribution in [2.24, 2.45) is 0 Å². The predicted molar refractivity (Wildman–Crippen MR) is 118 cm³/mol. The molecule has 0 spiro atoms. The summed E-state index contributed by atoms with van der Waals surface area (Å²) >= 11 is 0. The molecule has 1 aliphatic heterocycles. The first-order valence-electron chi connectivity index (χ1n) is 9.86. The molecule has 1 saturated heterocycles. The standard InChI is InChI=1S/C22H25N3O4S/c1-29-18-6-7-21-19(13-18)20(14-23-21)15-8-10-25(11-9-15)22(26)16-4-3-5-17(12-16)24-30(2,27)28/h3-7,12-15,23-24H,8-11H2,1-2H3. The highest BCUT2D eigenvalue weighted by molar-refractivity contribution is 7.92. The van der Waals surface area contributed by atoms with Gasteiger partial charge in [0.15, 0.2) is 0 Å². The predicted octanol–water partition coefficient (Wildman–Crippen LogP) is 3.57. The van der Waals surface area contributed by atoms with Gasteiger partial charge in [0.1, 0.15) is 5.75 Å². The van der Waals surface area contributed by atoms with Gasteiger partial charge < -0.3 is 14.6 Å². The van der Waals surface area contributed by atoms with Crippen LogP contribution >= 0.6 is 0 Å². The number of anilines is 1. The maximum absolute atomic E-state index is 12.9. The zero-order chi connectivity index (χ0) is 21.3. The Bertz CT molecular complexity index is 1180. The lowest BCUT2D eigenvalue weighted by molar-refractivity contribution is 0.0713. The zero-order valence-corrected chi connectivity index (χ0v) is 17.8. The molecule has 3 aromatic rings. The van der Waals surface area contributed by atoms with Crippen molar-refractivity contribution in [3.05, 3.63) is 59.8 Å². The summed E-state index contributed by atoms with van der Waals surface area (Å²) in [5.74, 6) is 1.12. The molecule has 2 heterocycles. The largest absolute Gasteiger partial charge is 0.497 e. The molecule has 0 aliphatic carbocycles. The highest BCUT2D eigenvalue weighted by Gasteiger charge is 2.26. The van der Waals surface area contributed by atoms with E-state index in [1.54, 1.807) is 31.4 Å². The first kappa shape index (κ1) is 20.3. The number of aromatic amines is 1. The molecule has 1 amide bonds. The summed E-state index contributed by atoms with van der Waals surface area (Å²) in [6, 6.07) is 12.6. The van der Waals surface area contributed by atoms with E-state index in [1.165, 1.54) is 10.9 Å². The number of amides is 1. The highest BCUT2D eigenvalue weighted by atomic mass is 32.2. The van der Waals surface area contributed by atoms with E-state index in [1.807, 2.05) is 17.0 Å². The van der Waals surface area contributed by atoms with Gasteiger partial charge in [0.25, 0.3) is 5.91 Å². The van der Waals surface area contributed by atoms with Crippen molar-refractivity contribution < 1.29 is 17.9 Å². The van der Waals surface area contributed by atoms with E-state index in [0.717, 1.165) is 30.4 Å². The van der Waals surface area contributed by atoms with E-state index in [2.05, 4.69) is 22.0 Å². The molecule has 1 aromatic heterocycles. The maximum Gasteiger partial charge on any atom is 0.253 e. The number of ether oxygens (including phenoxy) is 1. The topological polar surface area (TPSA) is 91.5 Å². The summed E-state index contributed by atoms with van der Waals surface area (Å²) < 4.78 is 30.7. The van der Waals surface area contributed by atoms with Crippen LogP contribution in [0.1, 0.15) is 34.7 Å². The van der Waals surface area contributed by atoms with Gasteiger partial charge in [0, 0.05) is 41.4 Å². The number of carbonyl (C=O) groups excluding carboxylic acids is 1. The zero-order valence-electron chi connectivity index (χ0n) is 17.0. The number of likely N-dealkylation sites (tertiary alicyclic amines) is 1. The molecule has 1 aliphatic rings. The number of nitrogens with one attached hydrogen (secondary N) is 2. The van der Waals surface area contributed by atoms with E-state index < -0.39 is 10.0 Å². The molecular weight excluding hydrogens is 402 g/mol. The molecule has 0 bridgehead atoms. The van der Waals surface area contributed by atoms with Crippen molar-refractivity contribution in [1.82, 2.24) is 9.88 Å². The number of hydrogen-bond donors (Lipinski definition) is 2. The van der Waals surface area contributed by atoms with Crippen molar-refractivity contribution in [2.75, 3.05) is 31.2 Å². The monoisotopic (exact) mass is 427 g/mol. The SMILES string of the molecule is COc1ccc2[nH]cc(C3CCN(C(=O)c4cccc(NS(C)(=O)=O)c4)CC3)c2c1. The Kier molecular flexibility index (Phi) is 5.42. The lowest BCUT2D eigenvalue weighted by Crippen LogP contribution is -2.37. The van der Waals surface area contributed by atoms with Crippen LogP contribution in [0.2, 0.25) is 0 Å². The third kappa shape index (κ3) is 4.28. The van der Waals surface area contributed by atoms with Crippen molar-refractivity contribution in [3.8, 4) is 5.75 Å². The van der Waals surface area contributed by atoms with Gasteiger partial charge in [0.05, 0.1) is 13.4 Å². The molecule has 7 nitrogen and oxygen atoms in total. The number of H-pyrrole nitrogens is 1. The van der Waals surface area contributed by atoms with Crippen molar-refractivity contribution in [2.45, 2.75) is 18.8 Å². The number of nitrogens with zero attached hydrogens (tertiary/aromatic N) is 1. The van der Waals surface area contributed by atoms with Gasteiger partial charge >= 0.3 is 0 Å². The Morgan fingerprint density at radius 2 is 1.93 bits per heavy atom. The second-order valence-electron chi connectivity index (χ2n) is 7.68. The maximum atomic E-state index is 12.9. The number of aromatic nitrogens is 1. The fraction of sp³-hybridized carbons (Fsp3) is 0.318. The second kappa shape index (κ2) is 8.02.